The molecule has 0 radical (unpaired) electrons. The highest BCUT2D eigenvalue weighted by Gasteiger charge is 2.07. The van der Waals surface area contributed by atoms with E-state index in [0.29, 0.717) is 32.6 Å². The fraction of sp³-hybridized carbons (Fsp3) is 0.500. The number of carbonyl (C=O) groups is 1. The van der Waals surface area contributed by atoms with E-state index in [0.717, 1.165) is 35.9 Å². The van der Waals surface area contributed by atoms with Crippen molar-refractivity contribution in [1.82, 2.24) is 15.2 Å². The van der Waals surface area contributed by atoms with Crippen LogP contribution in [0, 0.1) is 0 Å². The maximum atomic E-state index is 11.9. The molecular formula is C20H29N3O2S. The van der Waals surface area contributed by atoms with Gasteiger partial charge in [0.25, 0.3) is 0 Å². The minimum Gasteiger partial charge on any atom is -0.378 e. The average molecular weight is 376 g/mol. The Morgan fingerprint density at radius 3 is 2.69 bits per heavy atom. The van der Waals surface area contributed by atoms with E-state index in [4.69, 9.17) is 4.74 Å². The van der Waals surface area contributed by atoms with Gasteiger partial charge in [-0.3, -0.25) is 4.79 Å². The number of carbonyl (C=O) groups excluding carboxylic acids is 1. The molecule has 1 aromatic carbocycles. The zero-order valence-corrected chi connectivity index (χ0v) is 16.6. The van der Waals surface area contributed by atoms with E-state index in [-0.39, 0.29) is 5.91 Å². The predicted octanol–water partition coefficient (Wildman–Crippen LogP) is 3.22. The number of likely N-dealkylation sites (N-methyl/N-ethyl adjacent to an activating group) is 1. The smallest absolute Gasteiger partial charge is 0.220 e. The molecule has 0 saturated heterocycles. The summed E-state index contributed by atoms with van der Waals surface area (Å²) in [6.45, 7) is 9.14. The fourth-order valence-corrected chi connectivity index (χ4v) is 3.38. The minimum atomic E-state index is 0.0498. The molecule has 5 nitrogen and oxygen atoms in total. The highest BCUT2D eigenvalue weighted by Crippen LogP contribution is 2.22. The zero-order chi connectivity index (χ0) is 18.6. The van der Waals surface area contributed by atoms with Gasteiger partial charge in [0, 0.05) is 36.9 Å². The Morgan fingerprint density at radius 1 is 1.19 bits per heavy atom. The fourth-order valence-electron chi connectivity index (χ4n) is 2.57. The Bertz CT molecular complexity index is 642. The van der Waals surface area contributed by atoms with Crippen LogP contribution in [-0.2, 0) is 16.0 Å². The highest BCUT2D eigenvalue weighted by atomic mass is 32.1. The van der Waals surface area contributed by atoms with Crippen LogP contribution in [-0.4, -0.2) is 55.2 Å². The van der Waals surface area contributed by atoms with Gasteiger partial charge in [-0.15, -0.1) is 11.3 Å². The minimum absolute atomic E-state index is 0.0498. The summed E-state index contributed by atoms with van der Waals surface area (Å²) in [6.07, 6.45) is 1.13. The number of nitrogens with one attached hydrogen (secondary N) is 1. The Hall–Kier alpha value is -1.76. The third-order valence-electron chi connectivity index (χ3n) is 4.20. The Balaban J connectivity index is 1.59. The molecule has 1 amide bonds. The van der Waals surface area contributed by atoms with E-state index in [1.54, 1.807) is 11.3 Å². The van der Waals surface area contributed by atoms with Crippen LogP contribution in [0.2, 0.25) is 0 Å². The summed E-state index contributed by atoms with van der Waals surface area (Å²) in [4.78, 5) is 18.9. The largest absolute Gasteiger partial charge is 0.378 e. The standard InChI is InChI=1S/C20H29N3O2S/c1-3-23(4-2)13-15-25-14-12-21-19(24)10-11-20-22-18(16-26-20)17-8-6-5-7-9-17/h5-9,16H,3-4,10-15H2,1-2H3,(H,21,24). The highest BCUT2D eigenvalue weighted by molar-refractivity contribution is 7.09. The second kappa shape index (κ2) is 11.8. The van der Waals surface area contributed by atoms with Crippen molar-refractivity contribution in [2.45, 2.75) is 26.7 Å². The van der Waals surface area contributed by atoms with Gasteiger partial charge in [-0.25, -0.2) is 4.98 Å². The van der Waals surface area contributed by atoms with Crippen molar-refractivity contribution < 1.29 is 9.53 Å². The van der Waals surface area contributed by atoms with Gasteiger partial charge in [-0.05, 0) is 13.1 Å². The number of hydrogen-bond acceptors (Lipinski definition) is 5. The first-order valence-corrected chi connectivity index (χ1v) is 10.2. The van der Waals surface area contributed by atoms with Gasteiger partial charge in [0.2, 0.25) is 5.91 Å². The average Bonchev–Trinajstić information content (AvgIpc) is 3.16. The Morgan fingerprint density at radius 2 is 1.96 bits per heavy atom. The van der Waals surface area contributed by atoms with Crippen molar-refractivity contribution in [1.29, 1.82) is 0 Å². The van der Waals surface area contributed by atoms with Crippen LogP contribution in [0.5, 0.6) is 0 Å². The Labute approximate surface area is 160 Å². The second-order valence-electron chi connectivity index (χ2n) is 5.98. The molecule has 6 heteroatoms. The number of amides is 1. The number of ether oxygens (including phenoxy) is 1. The third-order valence-corrected chi connectivity index (χ3v) is 5.11. The molecule has 0 saturated carbocycles. The third kappa shape index (κ3) is 7.23. The molecule has 0 bridgehead atoms. The maximum absolute atomic E-state index is 11.9. The van der Waals surface area contributed by atoms with Gasteiger partial charge in [0.05, 0.1) is 23.9 Å². The SMILES string of the molecule is CCN(CC)CCOCCNC(=O)CCc1nc(-c2ccccc2)cs1. The summed E-state index contributed by atoms with van der Waals surface area (Å²) in [5.74, 6) is 0.0498. The molecule has 0 aliphatic heterocycles. The van der Waals surface area contributed by atoms with Gasteiger partial charge in [0.15, 0.2) is 0 Å². The van der Waals surface area contributed by atoms with E-state index in [1.807, 2.05) is 35.7 Å². The van der Waals surface area contributed by atoms with Crippen molar-refractivity contribution >= 4 is 17.2 Å². The molecule has 142 valence electrons. The van der Waals surface area contributed by atoms with Crippen molar-refractivity contribution in [3.8, 4) is 11.3 Å². The number of aryl methyl sites for hydroxylation is 1. The molecule has 1 heterocycles. The van der Waals surface area contributed by atoms with Gasteiger partial charge in [-0.1, -0.05) is 44.2 Å². The summed E-state index contributed by atoms with van der Waals surface area (Å²) in [5, 5.41) is 5.95. The Kier molecular flexibility index (Phi) is 9.31. The molecule has 1 N–H and O–H groups in total. The molecular weight excluding hydrogens is 346 g/mol. The number of aromatic nitrogens is 1. The lowest BCUT2D eigenvalue weighted by Crippen LogP contribution is -2.30. The normalized spacial score (nSPS) is 11.0. The van der Waals surface area contributed by atoms with Crippen molar-refractivity contribution in [3.63, 3.8) is 0 Å². The van der Waals surface area contributed by atoms with Crippen molar-refractivity contribution in [2.75, 3.05) is 39.4 Å². The second-order valence-corrected chi connectivity index (χ2v) is 6.92. The molecule has 2 aromatic rings. The molecule has 0 aliphatic carbocycles. The summed E-state index contributed by atoms with van der Waals surface area (Å²) in [7, 11) is 0. The molecule has 26 heavy (non-hydrogen) atoms. The topological polar surface area (TPSA) is 54.5 Å². The van der Waals surface area contributed by atoms with Crippen LogP contribution in [0.25, 0.3) is 11.3 Å². The van der Waals surface area contributed by atoms with Crippen LogP contribution in [0.1, 0.15) is 25.3 Å². The van der Waals surface area contributed by atoms with Crippen LogP contribution >= 0.6 is 11.3 Å². The monoisotopic (exact) mass is 375 g/mol. The summed E-state index contributed by atoms with van der Waals surface area (Å²) in [6, 6.07) is 10.1. The van der Waals surface area contributed by atoms with Gasteiger partial charge < -0.3 is 15.0 Å². The van der Waals surface area contributed by atoms with Gasteiger partial charge in [0.1, 0.15) is 0 Å². The quantitative estimate of drug-likeness (QED) is 0.579. The van der Waals surface area contributed by atoms with Crippen molar-refractivity contribution in [3.05, 3.63) is 40.7 Å². The number of hydrogen-bond donors (Lipinski definition) is 1. The van der Waals surface area contributed by atoms with Crippen LogP contribution in [0.4, 0.5) is 0 Å². The molecule has 0 fully saturated rings. The lowest BCUT2D eigenvalue weighted by atomic mass is 10.2. The van der Waals surface area contributed by atoms with E-state index in [2.05, 4.69) is 29.0 Å². The molecule has 0 unspecified atom stereocenters. The predicted molar refractivity (Wildman–Crippen MR) is 107 cm³/mol. The number of thiazole rings is 1. The summed E-state index contributed by atoms with van der Waals surface area (Å²) in [5.41, 5.74) is 2.09. The molecule has 0 atom stereocenters. The maximum Gasteiger partial charge on any atom is 0.220 e. The van der Waals surface area contributed by atoms with Gasteiger partial charge in [-0.2, -0.15) is 0 Å². The first kappa shape index (κ1) is 20.6. The van der Waals surface area contributed by atoms with E-state index in [9.17, 15) is 4.79 Å². The molecule has 1 aromatic heterocycles. The number of rotatable bonds is 12. The van der Waals surface area contributed by atoms with E-state index < -0.39 is 0 Å². The van der Waals surface area contributed by atoms with Crippen LogP contribution in [0.3, 0.4) is 0 Å². The van der Waals surface area contributed by atoms with Gasteiger partial charge >= 0.3 is 0 Å². The summed E-state index contributed by atoms with van der Waals surface area (Å²) >= 11 is 1.61. The summed E-state index contributed by atoms with van der Waals surface area (Å²) < 4.78 is 5.57. The lowest BCUT2D eigenvalue weighted by Gasteiger charge is -2.17. The molecule has 0 spiro atoms. The van der Waals surface area contributed by atoms with Crippen molar-refractivity contribution in [2.24, 2.45) is 0 Å². The van der Waals surface area contributed by atoms with E-state index in [1.165, 1.54) is 0 Å². The number of nitrogens with zero attached hydrogens (tertiary/aromatic N) is 2. The lowest BCUT2D eigenvalue weighted by molar-refractivity contribution is -0.121. The number of benzene rings is 1. The van der Waals surface area contributed by atoms with E-state index >= 15 is 0 Å². The van der Waals surface area contributed by atoms with Crippen LogP contribution in [0.15, 0.2) is 35.7 Å². The first-order valence-electron chi connectivity index (χ1n) is 9.29. The first-order chi connectivity index (χ1) is 12.7. The zero-order valence-electron chi connectivity index (χ0n) is 15.7. The molecule has 0 aliphatic rings. The molecule has 2 rings (SSSR count). The van der Waals surface area contributed by atoms with Crippen LogP contribution < -0.4 is 5.32 Å².